The van der Waals surface area contributed by atoms with Crippen LogP contribution in [0.5, 0.6) is 0 Å². The molecule has 0 aliphatic heterocycles. The quantitative estimate of drug-likeness (QED) is 0.534. The van der Waals surface area contributed by atoms with Gasteiger partial charge in [0.25, 0.3) is 0 Å². The predicted molar refractivity (Wildman–Crippen MR) is 59.2 cm³/mol. The molecule has 0 fully saturated rings. The molecule has 1 unspecified atom stereocenters. The molecule has 0 heterocycles. The maximum absolute atomic E-state index is 11.3. The number of carbonyl (C=O) groups excluding carboxylic acids is 1. The third-order valence-electron chi connectivity index (χ3n) is 2.41. The topological polar surface area (TPSA) is 84.9 Å². The Balaban J connectivity index is 3.77. The minimum absolute atomic E-state index is 0.0181. The molecule has 0 radical (unpaired) electrons. The summed E-state index contributed by atoms with van der Waals surface area (Å²) in [7, 11) is -2.61. The number of hydrogen-bond donors (Lipinski definition) is 2. The lowest BCUT2D eigenvalue weighted by atomic mass is 10.0. The van der Waals surface area contributed by atoms with E-state index in [9.17, 15) is 9.36 Å². The molecule has 0 aliphatic carbocycles. The highest BCUT2D eigenvalue weighted by Gasteiger charge is 2.24. The molecule has 0 spiro atoms. The van der Waals surface area contributed by atoms with Gasteiger partial charge in [0.1, 0.15) is 12.2 Å². The number of ether oxygens (including phenoxy) is 1. The van der Waals surface area contributed by atoms with Crippen molar-refractivity contribution in [2.45, 2.75) is 39.2 Å². The van der Waals surface area contributed by atoms with Crippen molar-refractivity contribution in [3.8, 4) is 0 Å². The van der Waals surface area contributed by atoms with Gasteiger partial charge in [-0.3, -0.25) is 0 Å². The predicted octanol–water partition coefficient (Wildman–Crippen LogP) is 1.96. The zero-order valence-electron chi connectivity index (χ0n) is 9.86. The summed E-state index contributed by atoms with van der Waals surface area (Å²) >= 11 is 0. The number of alkyl carbamates (subject to hydrolysis) is 1. The smallest absolute Gasteiger partial charge is 0.443 e. The summed E-state index contributed by atoms with van der Waals surface area (Å²) in [5.74, 6) is 0. The Morgan fingerprint density at radius 2 is 2.00 bits per heavy atom. The number of rotatable bonds is 7. The highest BCUT2D eigenvalue weighted by molar-refractivity contribution is 7.32. The van der Waals surface area contributed by atoms with Crippen molar-refractivity contribution >= 4 is 14.3 Å². The van der Waals surface area contributed by atoms with Gasteiger partial charge in [0.05, 0.1) is 0 Å². The molecule has 0 aliphatic rings. The summed E-state index contributed by atoms with van der Waals surface area (Å²) in [4.78, 5) is 19.6. The van der Waals surface area contributed by atoms with Crippen molar-refractivity contribution in [2.24, 2.45) is 0 Å². The summed E-state index contributed by atoms with van der Waals surface area (Å²) < 4.78 is 19.7. The Bertz CT molecular complexity index is 242. The van der Waals surface area contributed by atoms with Gasteiger partial charge in [-0.25, -0.2) is 4.79 Å². The second kappa shape index (κ2) is 7.54. The van der Waals surface area contributed by atoms with Crippen LogP contribution in [-0.2, 0) is 13.8 Å². The Morgan fingerprint density at radius 1 is 1.44 bits per heavy atom. The molecule has 7 heteroatoms. The average molecular weight is 252 g/mol. The van der Waals surface area contributed by atoms with Crippen LogP contribution in [0.1, 0.15) is 33.6 Å². The number of amides is 1. The fourth-order valence-corrected chi connectivity index (χ4v) is 1.18. The Morgan fingerprint density at radius 3 is 2.44 bits per heavy atom. The monoisotopic (exact) mass is 252 g/mol. The Hall–Kier alpha value is -0.710. The summed E-state index contributed by atoms with van der Waals surface area (Å²) in [6.07, 6.45) is 0.925. The summed E-state index contributed by atoms with van der Waals surface area (Å²) in [6.45, 7) is 5.86. The van der Waals surface area contributed by atoms with Gasteiger partial charge >= 0.3 is 14.3 Å². The van der Waals surface area contributed by atoms with E-state index in [1.165, 1.54) is 0 Å². The van der Waals surface area contributed by atoms with Crippen molar-refractivity contribution in [1.82, 2.24) is 5.32 Å². The molecule has 0 saturated heterocycles. The van der Waals surface area contributed by atoms with Crippen LogP contribution in [-0.4, -0.2) is 29.7 Å². The molecule has 0 aromatic carbocycles. The molecule has 0 bridgehead atoms. The van der Waals surface area contributed by atoms with Gasteiger partial charge in [-0.05, 0) is 19.8 Å². The minimum atomic E-state index is -2.61. The zero-order chi connectivity index (χ0) is 12.6. The van der Waals surface area contributed by atoms with E-state index in [0.717, 1.165) is 12.8 Å². The van der Waals surface area contributed by atoms with Gasteiger partial charge in [0, 0.05) is 11.1 Å². The van der Waals surface area contributed by atoms with Gasteiger partial charge < -0.3 is 10.1 Å². The summed E-state index contributed by atoms with van der Waals surface area (Å²) in [5.41, 5.74) is -0.465. The lowest BCUT2D eigenvalue weighted by Crippen LogP contribution is -2.37. The third kappa shape index (κ3) is 6.71. The molecule has 2 N–H and O–H groups in total. The first kappa shape index (κ1) is 15.3. The van der Waals surface area contributed by atoms with E-state index in [1.54, 1.807) is 0 Å². The van der Waals surface area contributed by atoms with Crippen LogP contribution in [0.3, 0.4) is 0 Å². The SMILES string of the molecule is CCC(C)(CC)OC(=O)NCCO[P+](=O)O. The van der Waals surface area contributed by atoms with Crippen molar-refractivity contribution in [3.05, 3.63) is 0 Å². The van der Waals surface area contributed by atoms with E-state index in [0.29, 0.717) is 0 Å². The van der Waals surface area contributed by atoms with Crippen molar-refractivity contribution in [1.29, 1.82) is 0 Å². The van der Waals surface area contributed by atoms with Crippen LogP contribution in [0.2, 0.25) is 0 Å². The highest BCUT2D eigenvalue weighted by atomic mass is 31.1. The highest BCUT2D eigenvalue weighted by Crippen LogP contribution is 2.19. The molecule has 1 atom stereocenters. The first-order valence-corrected chi connectivity index (χ1v) is 6.32. The lowest BCUT2D eigenvalue weighted by Gasteiger charge is -2.26. The van der Waals surface area contributed by atoms with E-state index >= 15 is 0 Å². The molecule has 94 valence electrons. The first-order chi connectivity index (χ1) is 7.43. The fourth-order valence-electron chi connectivity index (χ4n) is 0.931. The molecular formula is C9H19NO5P+. The molecular weight excluding hydrogens is 233 g/mol. The Kier molecular flexibility index (Phi) is 7.21. The van der Waals surface area contributed by atoms with E-state index in [-0.39, 0.29) is 13.2 Å². The van der Waals surface area contributed by atoms with E-state index in [2.05, 4.69) is 9.84 Å². The molecule has 6 nitrogen and oxygen atoms in total. The van der Waals surface area contributed by atoms with Gasteiger partial charge in [-0.1, -0.05) is 13.8 Å². The molecule has 0 saturated carbocycles. The normalized spacial score (nSPS) is 12.1. The average Bonchev–Trinajstić information content (AvgIpc) is 2.24. The van der Waals surface area contributed by atoms with Gasteiger partial charge in [-0.2, -0.15) is 0 Å². The fraction of sp³-hybridized carbons (Fsp3) is 0.889. The number of carbonyl (C=O) groups is 1. The third-order valence-corrected chi connectivity index (χ3v) is 2.81. The van der Waals surface area contributed by atoms with E-state index in [1.807, 2.05) is 20.8 Å². The molecule has 0 aromatic rings. The molecule has 0 aromatic heterocycles. The number of nitrogens with one attached hydrogen (secondary N) is 1. The van der Waals surface area contributed by atoms with E-state index < -0.39 is 19.9 Å². The zero-order valence-corrected chi connectivity index (χ0v) is 10.8. The summed E-state index contributed by atoms with van der Waals surface area (Å²) in [5, 5.41) is 2.44. The van der Waals surface area contributed by atoms with Crippen LogP contribution >= 0.6 is 8.25 Å². The standard InChI is InChI=1S/C9H18NO5P/c1-4-9(3,5-2)15-8(11)10-6-7-14-16(12)13/h4-7H2,1-3H3,(H-,10,11,12,13)/p+1. The second-order valence-electron chi connectivity index (χ2n) is 3.54. The molecule has 1 amide bonds. The van der Waals surface area contributed by atoms with Crippen LogP contribution in [0, 0.1) is 0 Å². The number of hydrogen-bond acceptors (Lipinski definition) is 4. The van der Waals surface area contributed by atoms with Crippen LogP contribution in [0.4, 0.5) is 4.79 Å². The first-order valence-electron chi connectivity index (χ1n) is 5.19. The molecule has 16 heavy (non-hydrogen) atoms. The second-order valence-corrected chi connectivity index (χ2v) is 4.28. The lowest BCUT2D eigenvalue weighted by molar-refractivity contribution is 0.0187. The van der Waals surface area contributed by atoms with Gasteiger partial charge in [0.2, 0.25) is 0 Å². The van der Waals surface area contributed by atoms with Gasteiger partial charge in [-0.15, -0.1) is 9.42 Å². The van der Waals surface area contributed by atoms with Crippen molar-refractivity contribution < 1.29 is 23.5 Å². The molecule has 0 rings (SSSR count). The van der Waals surface area contributed by atoms with Crippen LogP contribution in [0.25, 0.3) is 0 Å². The van der Waals surface area contributed by atoms with Crippen molar-refractivity contribution in [2.75, 3.05) is 13.2 Å². The summed E-state index contributed by atoms with van der Waals surface area (Å²) in [6, 6.07) is 0. The maximum atomic E-state index is 11.3. The Labute approximate surface area is 96.3 Å². The van der Waals surface area contributed by atoms with Gasteiger partial charge in [0.15, 0.2) is 0 Å². The van der Waals surface area contributed by atoms with Crippen molar-refractivity contribution in [3.63, 3.8) is 0 Å². The van der Waals surface area contributed by atoms with Crippen LogP contribution < -0.4 is 5.32 Å². The van der Waals surface area contributed by atoms with E-state index in [4.69, 9.17) is 9.63 Å². The minimum Gasteiger partial charge on any atom is -0.443 e. The van der Waals surface area contributed by atoms with Crippen LogP contribution in [0.15, 0.2) is 0 Å². The largest absolute Gasteiger partial charge is 0.694 e. The maximum Gasteiger partial charge on any atom is 0.694 e.